The van der Waals surface area contributed by atoms with Gasteiger partial charge in [-0.1, -0.05) is 19.4 Å². The van der Waals surface area contributed by atoms with Crippen LogP contribution in [-0.2, 0) is 4.79 Å². The molecule has 0 bridgehead atoms. The summed E-state index contributed by atoms with van der Waals surface area (Å²) in [5, 5.41) is 2.85. The first-order valence-corrected chi connectivity index (χ1v) is 7.85. The summed E-state index contributed by atoms with van der Waals surface area (Å²) in [4.78, 5) is 15.8. The molecule has 0 spiro atoms. The number of unbranched alkanes of at least 4 members (excludes halogenated alkanes) is 1. The molecule has 1 N–H and O–H groups in total. The number of benzene rings is 1. The summed E-state index contributed by atoms with van der Waals surface area (Å²) in [5.74, 6) is -0.0920. The quantitative estimate of drug-likeness (QED) is 0.852. The molecule has 23 heavy (non-hydrogen) atoms. The second-order valence-electron chi connectivity index (χ2n) is 5.65. The zero-order valence-electron chi connectivity index (χ0n) is 13.0. The van der Waals surface area contributed by atoms with Crippen LogP contribution in [0, 0.1) is 5.82 Å². The third-order valence-corrected chi connectivity index (χ3v) is 4.01. The molecule has 1 amide bonds. The van der Waals surface area contributed by atoms with Crippen molar-refractivity contribution in [2.45, 2.75) is 32.1 Å². The zero-order valence-corrected chi connectivity index (χ0v) is 13.0. The number of carbonyl (C=O) groups excluding carboxylic acids is 1. The highest BCUT2D eigenvalue weighted by Crippen LogP contribution is 2.39. The number of hydrogen-bond acceptors (Lipinski definition) is 3. The monoisotopic (exact) mass is 314 g/mol. The summed E-state index contributed by atoms with van der Waals surface area (Å²) >= 11 is 0. The van der Waals surface area contributed by atoms with Gasteiger partial charge in [-0.25, -0.2) is 4.39 Å². The van der Waals surface area contributed by atoms with Crippen molar-refractivity contribution in [3.05, 3.63) is 53.6 Å². The van der Waals surface area contributed by atoms with Crippen LogP contribution < -0.4 is 10.1 Å². The molecule has 1 aliphatic heterocycles. The van der Waals surface area contributed by atoms with Gasteiger partial charge in [0.1, 0.15) is 11.6 Å². The molecule has 3 rings (SSSR count). The summed E-state index contributed by atoms with van der Waals surface area (Å²) in [6, 6.07) is 7.22. The lowest BCUT2D eigenvalue weighted by atomic mass is 9.85. The Morgan fingerprint density at radius 3 is 3.00 bits per heavy atom. The smallest absolute Gasteiger partial charge is 0.225 e. The third kappa shape index (κ3) is 3.33. The number of nitrogens with one attached hydrogen (secondary N) is 1. The first-order chi connectivity index (χ1) is 11.2. The van der Waals surface area contributed by atoms with Crippen molar-refractivity contribution in [1.29, 1.82) is 0 Å². The van der Waals surface area contributed by atoms with E-state index in [-0.39, 0.29) is 24.1 Å². The fraction of sp³-hybridized carbons (Fsp3) is 0.333. The molecule has 120 valence electrons. The Labute approximate surface area is 134 Å². The molecule has 1 unspecified atom stereocenters. The van der Waals surface area contributed by atoms with Gasteiger partial charge in [-0.3, -0.25) is 9.78 Å². The van der Waals surface area contributed by atoms with E-state index in [1.54, 1.807) is 12.3 Å². The number of carbonyl (C=O) groups is 1. The molecule has 0 saturated carbocycles. The van der Waals surface area contributed by atoms with Crippen LogP contribution in [0.4, 0.5) is 10.1 Å². The lowest BCUT2D eigenvalue weighted by molar-refractivity contribution is -0.116. The second kappa shape index (κ2) is 6.77. The molecule has 0 aliphatic carbocycles. The first-order valence-electron chi connectivity index (χ1n) is 7.85. The van der Waals surface area contributed by atoms with Gasteiger partial charge in [0, 0.05) is 30.3 Å². The Morgan fingerprint density at radius 2 is 2.22 bits per heavy atom. The van der Waals surface area contributed by atoms with Gasteiger partial charge in [0.05, 0.1) is 12.8 Å². The SMILES string of the molecule is CCCCOc1ccc2c(c1)NC(=O)CC2c1ccncc1F. The highest BCUT2D eigenvalue weighted by atomic mass is 19.1. The normalized spacial score (nSPS) is 16.6. The van der Waals surface area contributed by atoms with Gasteiger partial charge in [0.25, 0.3) is 0 Å². The molecule has 1 aromatic heterocycles. The molecule has 5 heteroatoms. The number of aromatic nitrogens is 1. The molecule has 1 aliphatic rings. The molecule has 0 saturated heterocycles. The van der Waals surface area contributed by atoms with Gasteiger partial charge in [-0.2, -0.15) is 0 Å². The Morgan fingerprint density at radius 1 is 1.35 bits per heavy atom. The average Bonchev–Trinajstić information content (AvgIpc) is 2.54. The van der Waals surface area contributed by atoms with Gasteiger partial charge in [0.15, 0.2) is 0 Å². The lowest BCUT2D eigenvalue weighted by Gasteiger charge is -2.26. The molecular formula is C18H19FN2O2. The van der Waals surface area contributed by atoms with E-state index >= 15 is 0 Å². The van der Waals surface area contributed by atoms with E-state index < -0.39 is 0 Å². The third-order valence-electron chi connectivity index (χ3n) is 4.01. The molecule has 1 aromatic carbocycles. The fourth-order valence-corrected chi connectivity index (χ4v) is 2.81. The fourth-order valence-electron chi connectivity index (χ4n) is 2.81. The molecule has 1 atom stereocenters. The van der Waals surface area contributed by atoms with Crippen LogP contribution in [0.1, 0.15) is 43.2 Å². The minimum atomic E-state index is -0.388. The summed E-state index contributed by atoms with van der Waals surface area (Å²) in [7, 11) is 0. The lowest BCUT2D eigenvalue weighted by Crippen LogP contribution is -2.24. The maximum Gasteiger partial charge on any atom is 0.225 e. The van der Waals surface area contributed by atoms with Crippen LogP contribution in [0.15, 0.2) is 36.7 Å². The van der Waals surface area contributed by atoms with Crippen LogP contribution >= 0.6 is 0 Å². The summed E-state index contributed by atoms with van der Waals surface area (Å²) in [5.41, 5.74) is 2.09. The summed E-state index contributed by atoms with van der Waals surface area (Å²) in [6.07, 6.45) is 5.00. The van der Waals surface area contributed by atoms with Crippen LogP contribution in [0.2, 0.25) is 0 Å². The number of nitrogens with zero attached hydrogens (tertiary/aromatic N) is 1. The number of pyridine rings is 1. The van der Waals surface area contributed by atoms with Crippen molar-refractivity contribution >= 4 is 11.6 Å². The number of rotatable bonds is 5. The Bertz CT molecular complexity index is 718. The standard InChI is InChI=1S/C18H19FN2O2/c1-2-3-8-23-12-4-5-14-15(10-18(22)21-17(14)9-12)13-6-7-20-11-16(13)19/h4-7,9,11,15H,2-3,8,10H2,1H3,(H,21,22). The van der Waals surface area contributed by atoms with E-state index in [9.17, 15) is 9.18 Å². The van der Waals surface area contributed by atoms with E-state index in [1.165, 1.54) is 6.20 Å². The zero-order chi connectivity index (χ0) is 16.2. The summed E-state index contributed by atoms with van der Waals surface area (Å²) < 4.78 is 19.7. The van der Waals surface area contributed by atoms with Crippen molar-refractivity contribution in [2.75, 3.05) is 11.9 Å². The van der Waals surface area contributed by atoms with Crippen molar-refractivity contribution in [3.63, 3.8) is 0 Å². The van der Waals surface area contributed by atoms with Crippen molar-refractivity contribution in [3.8, 4) is 5.75 Å². The number of anilines is 1. The molecule has 2 heterocycles. The topological polar surface area (TPSA) is 51.2 Å². The highest BCUT2D eigenvalue weighted by Gasteiger charge is 2.28. The number of hydrogen-bond donors (Lipinski definition) is 1. The Balaban J connectivity index is 1.92. The van der Waals surface area contributed by atoms with Gasteiger partial charge in [-0.15, -0.1) is 0 Å². The number of amides is 1. The van der Waals surface area contributed by atoms with Crippen LogP contribution in [0.5, 0.6) is 5.75 Å². The minimum Gasteiger partial charge on any atom is -0.494 e. The van der Waals surface area contributed by atoms with E-state index in [4.69, 9.17) is 4.74 Å². The van der Waals surface area contributed by atoms with E-state index in [2.05, 4.69) is 17.2 Å². The van der Waals surface area contributed by atoms with Crippen LogP contribution in [0.3, 0.4) is 0 Å². The van der Waals surface area contributed by atoms with Gasteiger partial charge < -0.3 is 10.1 Å². The van der Waals surface area contributed by atoms with Gasteiger partial charge in [-0.05, 0) is 29.7 Å². The average molecular weight is 314 g/mol. The Kier molecular flexibility index (Phi) is 4.55. The van der Waals surface area contributed by atoms with Crippen LogP contribution in [0.25, 0.3) is 0 Å². The van der Waals surface area contributed by atoms with Gasteiger partial charge >= 0.3 is 0 Å². The molecule has 4 nitrogen and oxygen atoms in total. The maximum absolute atomic E-state index is 14.1. The summed E-state index contributed by atoms with van der Waals surface area (Å²) in [6.45, 7) is 2.75. The Hall–Kier alpha value is -2.43. The van der Waals surface area contributed by atoms with Crippen LogP contribution in [-0.4, -0.2) is 17.5 Å². The van der Waals surface area contributed by atoms with Crippen molar-refractivity contribution < 1.29 is 13.9 Å². The predicted molar refractivity (Wildman–Crippen MR) is 86.1 cm³/mol. The highest BCUT2D eigenvalue weighted by molar-refractivity contribution is 5.95. The maximum atomic E-state index is 14.1. The largest absolute Gasteiger partial charge is 0.494 e. The van der Waals surface area contributed by atoms with E-state index in [0.29, 0.717) is 23.6 Å². The molecule has 0 radical (unpaired) electrons. The predicted octanol–water partition coefficient (Wildman–Crippen LogP) is 3.87. The van der Waals surface area contributed by atoms with Crippen molar-refractivity contribution in [2.24, 2.45) is 0 Å². The van der Waals surface area contributed by atoms with E-state index in [0.717, 1.165) is 18.4 Å². The van der Waals surface area contributed by atoms with E-state index in [1.807, 2.05) is 18.2 Å². The molecule has 0 fully saturated rings. The molecule has 2 aromatic rings. The number of halogens is 1. The second-order valence-corrected chi connectivity index (χ2v) is 5.65. The number of fused-ring (bicyclic) bond motifs is 1. The minimum absolute atomic E-state index is 0.121. The number of ether oxygens (including phenoxy) is 1. The first kappa shape index (κ1) is 15.5. The molecular weight excluding hydrogens is 295 g/mol. The van der Waals surface area contributed by atoms with Crippen molar-refractivity contribution in [1.82, 2.24) is 4.98 Å². The van der Waals surface area contributed by atoms with Gasteiger partial charge in [0.2, 0.25) is 5.91 Å².